The van der Waals surface area contributed by atoms with Gasteiger partial charge in [0.05, 0.1) is 21.7 Å². The highest BCUT2D eigenvalue weighted by atomic mass is 32.1. The smallest absolute Gasteiger partial charge is 0.419 e. The van der Waals surface area contributed by atoms with Crippen molar-refractivity contribution in [3.8, 4) is 11.6 Å². The first-order valence-electron chi connectivity index (χ1n) is 8.83. The van der Waals surface area contributed by atoms with Crippen LogP contribution in [0.1, 0.15) is 16.0 Å². The maximum absolute atomic E-state index is 13.6. The van der Waals surface area contributed by atoms with Crippen molar-refractivity contribution in [2.45, 2.75) is 12.4 Å². The molecule has 0 saturated heterocycles. The zero-order chi connectivity index (χ0) is 24.0. The number of alkyl halides is 6. The molecule has 0 spiro atoms. The Bertz CT molecular complexity index is 1450. The molecule has 0 unspecified atom stereocenters. The number of nitrogens with zero attached hydrogens (tertiary/aromatic N) is 5. The van der Waals surface area contributed by atoms with Gasteiger partial charge in [0.1, 0.15) is 0 Å². The molecule has 0 fully saturated rings. The lowest BCUT2D eigenvalue weighted by Crippen LogP contribution is -2.19. The van der Waals surface area contributed by atoms with Crippen LogP contribution in [0.25, 0.3) is 17.6 Å². The Morgan fingerprint density at radius 2 is 1.55 bits per heavy atom. The van der Waals surface area contributed by atoms with Gasteiger partial charge >= 0.3 is 12.4 Å². The van der Waals surface area contributed by atoms with E-state index >= 15 is 0 Å². The topological polar surface area (TPSA) is 74.6 Å². The van der Waals surface area contributed by atoms with E-state index in [4.69, 9.17) is 12.2 Å². The van der Waals surface area contributed by atoms with Crippen LogP contribution in [0.5, 0.6) is 5.88 Å². The van der Waals surface area contributed by atoms with Crippen molar-refractivity contribution in [3.63, 3.8) is 0 Å². The lowest BCUT2D eigenvalue weighted by Gasteiger charge is -2.19. The Morgan fingerprint density at radius 3 is 2.12 bits per heavy atom. The molecule has 14 heteroatoms. The van der Waals surface area contributed by atoms with Crippen LogP contribution in [-0.4, -0.2) is 9.67 Å². The molecule has 1 aromatic heterocycles. The van der Waals surface area contributed by atoms with Crippen molar-refractivity contribution in [1.29, 1.82) is 0 Å². The van der Waals surface area contributed by atoms with E-state index in [2.05, 4.69) is 20.7 Å². The van der Waals surface area contributed by atoms with Gasteiger partial charge in [-0.1, -0.05) is 30.3 Å². The summed E-state index contributed by atoms with van der Waals surface area (Å²) in [5.41, 5.74) is -4.73. The molecule has 0 saturated carbocycles. The summed E-state index contributed by atoms with van der Waals surface area (Å²) in [5, 5.41) is 25.9. The number of benzene rings is 2. The van der Waals surface area contributed by atoms with Crippen molar-refractivity contribution < 1.29 is 31.4 Å². The molecular weight excluding hydrogens is 492 g/mol. The second-order valence-electron chi connectivity index (χ2n) is 6.56. The largest absolute Gasteiger partial charge is 0.493 e. The molecule has 4 rings (SSSR count). The third kappa shape index (κ3) is 4.43. The van der Waals surface area contributed by atoms with Gasteiger partial charge in [0.25, 0.3) is 0 Å². The van der Waals surface area contributed by atoms with Crippen LogP contribution in [-0.2, 0) is 12.4 Å². The van der Waals surface area contributed by atoms with Gasteiger partial charge in [-0.2, -0.15) is 26.3 Å². The number of aromatic hydroxyl groups is 1. The van der Waals surface area contributed by atoms with Gasteiger partial charge in [0, 0.05) is 5.22 Å². The fourth-order valence-corrected chi connectivity index (χ4v) is 4.39. The third-order valence-electron chi connectivity index (χ3n) is 4.47. The minimum atomic E-state index is -5.35. The summed E-state index contributed by atoms with van der Waals surface area (Å²) in [6.07, 6.45) is -9.18. The predicted octanol–water partition coefficient (Wildman–Crippen LogP) is 5.74. The second-order valence-corrected chi connectivity index (χ2v) is 8.23. The van der Waals surface area contributed by atoms with E-state index in [1.54, 1.807) is 24.3 Å². The Labute approximate surface area is 189 Å². The van der Waals surface area contributed by atoms with Crippen molar-refractivity contribution >= 4 is 35.5 Å². The standard InChI is InChI=1S/C19H9F6N5OS2/c20-18(21,22)11-2-1-3-12(14(11)19(23,24)25)30-16(31)13(33-17(30)32)8-9-4-6-10(7-5-9)15-26-28-29-27-15/h1-8,31H. The van der Waals surface area contributed by atoms with Crippen molar-refractivity contribution in [2.24, 2.45) is 20.7 Å². The average molecular weight is 501 g/mol. The molecule has 1 aliphatic rings. The van der Waals surface area contributed by atoms with Gasteiger partial charge in [0.15, 0.2) is 3.95 Å². The van der Waals surface area contributed by atoms with Crippen LogP contribution in [0.15, 0.2) is 63.1 Å². The van der Waals surface area contributed by atoms with Gasteiger partial charge in [-0.25, -0.2) is 0 Å². The molecule has 2 heterocycles. The van der Waals surface area contributed by atoms with Gasteiger partial charge in [-0.15, -0.1) is 21.6 Å². The molecule has 0 bridgehead atoms. The molecule has 6 nitrogen and oxygen atoms in total. The molecule has 33 heavy (non-hydrogen) atoms. The lowest BCUT2D eigenvalue weighted by atomic mass is 10.0. The minimum absolute atomic E-state index is 0.0613. The van der Waals surface area contributed by atoms with E-state index < -0.39 is 35.0 Å². The van der Waals surface area contributed by atoms with Crippen molar-refractivity contribution in [3.05, 3.63) is 72.9 Å². The van der Waals surface area contributed by atoms with Gasteiger partial charge in [-0.3, -0.25) is 4.57 Å². The molecule has 0 radical (unpaired) electrons. The zero-order valence-corrected chi connectivity index (χ0v) is 17.5. The molecule has 0 amide bonds. The fourth-order valence-electron chi connectivity index (χ4n) is 3.09. The predicted molar refractivity (Wildman–Crippen MR) is 109 cm³/mol. The molecule has 1 N–H and O–H groups in total. The Morgan fingerprint density at radius 1 is 0.909 bits per heavy atom. The number of hydrogen-bond donors (Lipinski definition) is 1. The highest BCUT2D eigenvalue weighted by Crippen LogP contribution is 2.44. The zero-order valence-electron chi connectivity index (χ0n) is 15.9. The van der Waals surface area contributed by atoms with Crippen LogP contribution in [0.2, 0.25) is 0 Å². The molecular formula is C19H9F6N5OS2. The van der Waals surface area contributed by atoms with Gasteiger partial charge in [-0.05, 0) is 46.1 Å². The van der Waals surface area contributed by atoms with E-state index in [9.17, 15) is 31.4 Å². The maximum Gasteiger partial charge on any atom is 0.419 e. The number of hydrogen-bond acceptors (Lipinski definition) is 7. The molecule has 3 aromatic rings. The summed E-state index contributed by atoms with van der Waals surface area (Å²) in [5.74, 6) is -0.429. The summed E-state index contributed by atoms with van der Waals surface area (Å²) < 4.78 is 81.1. The number of halogens is 6. The molecule has 2 aromatic carbocycles. The van der Waals surface area contributed by atoms with Crippen LogP contribution in [0, 0.1) is 3.95 Å². The Kier molecular flexibility index (Phi) is 5.66. The average Bonchev–Trinajstić information content (AvgIpc) is 3.35. The summed E-state index contributed by atoms with van der Waals surface area (Å²) in [7, 11) is 0. The van der Waals surface area contributed by atoms with Crippen LogP contribution in [0.4, 0.5) is 26.3 Å². The van der Waals surface area contributed by atoms with Crippen molar-refractivity contribution in [1.82, 2.24) is 4.57 Å². The van der Waals surface area contributed by atoms with Crippen molar-refractivity contribution in [2.75, 3.05) is 0 Å². The van der Waals surface area contributed by atoms with Crippen LogP contribution < -0.4 is 10.4 Å². The summed E-state index contributed by atoms with van der Waals surface area (Å²) in [6, 6.07) is 8.46. The second kappa shape index (κ2) is 8.19. The number of aromatic nitrogens is 1. The lowest BCUT2D eigenvalue weighted by molar-refractivity contribution is -0.162. The highest BCUT2D eigenvalue weighted by molar-refractivity contribution is 7.73. The molecule has 170 valence electrons. The first kappa shape index (κ1) is 22.8. The van der Waals surface area contributed by atoms with E-state index in [0.717, 1.165) is 23.5 Å². The Balaban J connectivity index is 1.87. The minimum Gasteiger partial charge on any atom is -0.493 e. The summed E-state index contributed by atoms with van der Waals surface area (Å²) in [6.45, 7) is 0. The fraction of sp³-hybridized carbons (Fsp3) is 0.105. The first-order chi connectivity index (χ1) is 15.5. The SMILES string of the molecule is Oc1c(C=c2ccc(=C3N=NN=N3)cc2)sc(=S)n1-c1cccc(C(F)(F)F)c1C(F)(F)F. The van der Waals surface area contributed by atoms with E-state index in [-0.39, 0.29) is 14.7 Å². The molecule has 0 atom stereocenters. The third-order valence-corrected chi connectivity index (χ3v) is 5.78. The van der Waals surface area contributed by atoms with Gasteiger partial charge < -0.3 is 5.11 Å². The van der Waals surface area contributed by atoms with E-state index in [1.165, 1.54) is 6.08 Å². The monoisotopic (exact) mass is 501 g/mol. The quantitative estimate of drug-likeness (QED) is 0.359. The summed E-state index contributed by atoms with van der Waals surface area (Å²) in [4.78, 5) is 0.0613. The Hall–Kier alpha value is -3.39. The van der Waals surface area contributed by atoms with Gasteiger partial charge in [0.2, 0.25) is 11.7 Å². The normalized spacial score (nSPS) is 13.7. The molecule has 1 aliphatic heterocycles. The maximum atomic E-state index is 13.6. The van der Waals surface area contributed by atoms with Crippen LogP contribution in [0.3, 0.4) is 0 Å². The first-order valence-corrected chi connectivity index (χ1v) is 10.1. The number of rotatable bonds is 2. The molecule has 0 aliphatic carbocycles. The van der Waals surface area contributed by atoms with E-state index in [1.807, 2.05) is 0 Å². The number of thiazole rings is 1. The van der Waals surface area contributed by atoms with E-state index in [0.29, 0.717) is 21.1 Å². The van der Waals surface area contributed by atoms with Crippen LogP contribution >= 0.6 is 23.6 Å². The summed E-state index contributed by atoms with van der Waals surface area (Å²) >= 11 is 5.82. The highest BCUT2D eigenvalue weighted by Gasteiger charge is 2.45.